The summed E-state index contributed by atoms with van der Waals surface area (Å²) in [4.78, 5) is 0. The minimum atomic E-state index is -5.17. The molecule has 0 aromatic heterocycles. The topological polar surface area (TPSA) is 121 Å². The summed E-state index contributed by atoms with van der Waals surface area (Å²) in [6, 6.07) is 0. The smallest absolute Gasteiger partial charge is 0.164 e. The molecule has 0 radical (unpaired) electrons. The van der Waals surface area contributed by atoms with E-state index >= 15 is 0 Å². The van der Waals surface area contributed by atoms with E-state index in [-0.39, 0.29) is 11.7 Å². The van der Waals surface area contributed by atoms with Crippen LogP contribution in [0.25, 0.3) is 0 Å². The largest absolute Gasteiger partial charge is 0.759 e. The first kappa shape index (κ1) is 40.2. The van der Waals surface area contributed by atoms with Gasteiger partial charge in [-0.15, -0.1) is 0 Å². The summed E-state index contributed by atoms with van der Waals surface area (Å²) in [5, 5.41) is 21.0. The highest BCUT2D eigenvalue weighted by Crippen LogP contribution is 2.74. The molecule has 2 unspecified atom stereocenters. The van der Waals surface area contributed by atoms with Gasteiger partial charge in [0.1, 0.15) is 0 Å². The summed E-state index contributed by atoms with van der Waals surface area (Å²) in [6.07, 6.45) is 4.13. The molecule has 6 nitrogen and oxygen atoms in total. The molecule has 0 saturated heterocycles. The maximum atomic E-state index is 10.5. The standard InChI is InChI=1S/2C13H30OP.H2O4S/c2*1-8-9-13(14)15(10(2)3,11(4)5)12(6)7;1-5(2,3)4/h2*10-14H,8-9H2,1-7H3;(H2,1,2,3,4)/q2*+1;/p-2. The summed E-state index contributed by atoms with van der Waals surface area (Å²) in [6.45, 7) is 31.9. The quantitative estimate of drug-likeness (QED) is 0.146. The van der Waals surface area contributed by atoms with Crippen molar-refractivity contribution in [2.45, 2.75) is 168 Å². The summed E-state index contributed by atoms with van der Waals surface area (Å²) < 4.78 is 34.1. The maximum absolute atomic E-state index is 10.5. The molecule has 0 bridgehead atoms. The van der Waals surface area contributed by atoms with Gasteiger partial charge in [-0.25, -0.2) is 0 Å². The number of hydrogen-bond acceptors (Lipinski definition) is 6. The van der Waals surface area contributed by atoms with E-state index in [9.17, 15) is 10.2 Å². The Hall–Kier alpha value is 0.650. The number of aliphatic hydroxyl groups is 2. The van der Waals surface area contributed by atoms with Crippen LogP contribution in [-0.2, 0) is 10.4 Å². The molecule has 35 heavy (non-hydrogen) atoms. The zero-order valence-electron chi connectivity index (χ0n) is 25.3. The monoisotopic (exact) mass is 562 g/mol. The SMILES string of the molecule is CCCC(O)[P+](C(C)C)(C(C)C)C(C)C.CCCC(O)[P+](C(C)C)(C(C)C)C(C)C.O=S(=O)([O-])[O-]. The molecule has 0 aliphatic carbocycles. The molecule has 0 aliphatic heterocycles. The number of rotatable bonds is 12. The van der Waals surface area contributed by atoms with Crippen molar-refractivity contribution in [2.75, 3.05) is 0 Å². The minimum Gasteiger partial charge on any atom is -0.759 e. The highest BCUT2D eigenvalue weighted by atomic mass is 32.3. The molecule has 0 saturated carbocycles. The Morgan fingerprint density at radius 2 is 0.686 bits per heavy atom. The summed E-state index contributed by atoms with van der Waals surface area (Å²) >= 11 is 0. The average Bonchev–Trinajstić information content (AvgIpc) is 2.60. The predicted molar refractivity (Wildman–Crippen MR) is 157 cm³/mol. The molecular formula is C26H60O6P2S. The van der Waals surface area contributed by atoms with Crippen molar-refractivity contribution in [2.24, 2.45) is 0 Å². The van der Waals surface area contributed by atoms with Crippen LogP contribution in [0.1, 0.15) is 123 Å². The van der Waals surface area contributed by atoms with Crippen LogP contribution in [0.3, 0.4) is 0 Å². The second-order valence-electron chi connectivity index (χ2n) is 11.3. The van der Waals surface area contributed by atoms with Gasteiger partial charge in [-0.1, -0.05) is 26.7 Å². The van der Waals surface area contributed by atoms with E-state index < -0.39 is 24.9 Å². The maximum Gasteiger partial charge on any atom is 0.164 e. The fourth-order valence-electron chi connectivity index (χ4n) is 6.61. The van der Waals surface area contributed by atoms with Gasteiger partial charge in [0.25, 0.3) is 0 Å². The van der Waals surface area contributed by atoms with Gasteiger partial charge in [0.05, 0.1) is 48.5 Å². The van der Waals surface area contributed by atoms with Crippen LogP contribution in [0.4, 0.5) is 0 Å². The molecule has 216 valence electrons. The lowest BCUT2D eigenvalue weighted by molar-refractivity contribution is 0.237. The van der Waals surface area contributed by atoms with Crippen LogP contribution in [0.5, 0.6) is 0 Å². The van der Waals surface area contributed by atoms with E-state index in [1.54, 1.807) is 0 Å². The third-order valence-corrected chi connectivity index (χ3v) is 20.8. The number of aliphatic hydroxyl groups excluding tert-OH is 2. The fraction of sp³-hybridized carbons (Fsp3) is 1.00. The Morgan fingerprint density at radius 3 is 0.771 bits per heavy atom. The summed E-state index contributed by atoms with van der Waals surface area (Å²) in [5.41, 5.74) is 3.83. The first-order chi connectivity index (χ1) is 15.6. The molecule has 0 aromatic rings. The molecule has 9 heteroatoms. The Labute approximate surface area is 220 Å². The van der Waals surface area contributed by atoms with E-state index in [1.807, 2.05) is 0 Å². The van der Waals surface area contributed by atoms with Crippen LogP contribution < -0.4 is 0 Å². The molecular weight excluding hydrogens is 502 g/mol. The Morgan fingerprint density at radius 1 is 0.543 bits per heavy atom. The van der Waals surface area contributed by atoms with Crippen LogP contribution >= 0.6 is 14.5 Å². The highest BCUT2D eigenvalue weighted by molar-refractivity contribution is 7.79. The average molecular weight is 563 g/mol. The molecule has 0 aromatic carbocycles. The van der Waals surface area contributed by atoms with Crippen LogP contribution in [-0.4, -0.2) is 73.4 Å². The first-order valence-electron chi connectivity index (χ1n) is 13.4. The second kappa shape index (κ2) is 18.0. The molecule has 2 N–H and O–H groups in total. The predicted octanol–water partition coefficient (Wildman–Crippen LogP) is 7.36. The lowest BCUT2D eigenvalue weighted by Crippen LogP contribution is -2.32. The third-order valence-electron chi connectivity index (χ3n) is 7.49. The molecule has 0 rings (SSSR count). The van der Waals surface area contributed by atoms with Crippen molar-refractivity contribution in [3.63, 3.8) is 0 Å². The lowest BCUT2D eigenvalue weighted by Gasteiger charge is -2.41. The van der Waals surface area contributed by atoms with Gasteiger partial charge >= 0.3 is 0 Å². The summed E-state index contributed by atoms with van der Waals surface area (Å²) in [7, 11) is -7.69. The van der Waals surface area contributed by atoms with Gasteiger partial charge < -0.3 is 19.3 Å². The van der Waals surface area contributed by atoms with E-state index in [4.69, 9.17) is 17.5 Å². The van der Waals surface area contributed by atoms with Crippen molar-refractivity contribution < 1.29 is 27.7 Å². The fourth-order valence-corrected chi connectivity index (χ4v) is 19.3. The van der Waals surface area contributed by atoms with Crippen molar-refractivity contribution in [3.05, 3.63) is 0 Å². The van der Waals surface area contributed by atoms with E-state index in [0.29, 0.717) is 34.0 Å². The minimum absolute atomic E-state index is 0.0532. The molecule has 0 amide bonds. The second-order valence-corrected chi connectivity index (χ2v) is 23.1. The van der Waals surface area contributed by atoms with Gasteiger partial charge in [-0.2, -0.15) is 0 Å². The third kappa shape index (κ3) is 12.4. The van der Waals surface area contributed by atoms with Gasteiger partial charge in [0, 0.05) is 23.2 Å². The molecule has 0 heterocycles. The summed E-state index contributed by atoms with van der Waals surface area (Å²) in [5.74, 6) is -0.106. The van der Waals surface area contributed by atoms with Gasteiger partial charge in [0.2, 0.25) is 0 Å². The van der Waals surface area contributed by atoms with Crippen LogP contribution in [0, 0.1) is 0 Å². The molecule has 0 aliphatic rings. The Balaban J connectivity index is -0.000000491. The van der Waals surface area contributed by atoms with Crippen molar-refractivity contribution in [1.82, 2.24) is 0 Å². The van der Waals surface area contributed by atoms with Crippen LogP contribution in [0.2, 0.25) is 0 Å². The lowest BCUT2D eigenvalue weighted by atomic mass is 10.4. The Bertz CT molecular complexity index is 542. The van der Waals surface area contributed by atoms with Crippen LogP contribution in [0.15, 0.2) is 0 Å². The molecule has 2 atom stereocenters. The Kier molecular flexibility index (Phi) is 20.7. The molecule has 0 fully saturated rings. The molecule has 0 spiro atoms. The van der Waals surface area contributed by atoms with E-state index in [1.165, 1.54) is 0 Å². The van der Waals surface area contributed by atoms with Crippen molar-refractivity contribution in [1.29, 1.82) is 0 Å². The van der Waals surface area contributed by atoms with Crippen molar-refractivity contribution in [3.8, 4) is 0 Å². The zero-order chi connectivity index (χ0) is 28.9. The zero-order valence-corrected chi connectivity index (χ0v) is 27.9. The van der Waals surface area contributed by atoms with E-state index in [2.05, 4.69) is 96.9 Å². The van der Waals surface area contributed by atoms with E-state index in [0.717, 1.165) is 25.7 Å². The van der Waals surface area contributed by atoms with Crippen molar-refractivity contribution >= 4 is 24.9 Å². The van der Waals surface area contributed by atoms with Gasteiger partial charge in [-0.05, 0) is 83.1 Å². The number of hydrogen-bond donors (Lipinski definition) is 2. The first-order valence-corrected chi connectivity index (χ1v) is 18.9. The van der Waals surface area contributed by atoms with Gasteiger partial charge in [-0.3, -0.25) is 8.42 Å². The van der Waals surface area contributed by atoms with Gasteiger partial charge in [0.15, 0.2) is 11.7 Å². The highest BCUT2D eigenvalue weighted by Gasteiger charge is 2.53. The normalized spacial score (nSPS) is 14.9.